The molecule has 0 saturated heterocycles. The van der Waals surface area contributed by atoms with Crippen LogP contribution in [0.5, 0.6) is 5.75 Å². The molecule has 0 amide bonds. The van der Waals surface area contributed by atoms with E-state index >= 15 is 0 Å². The Morgan fingerprint density at radius 1 is 1.08 bits per heavy atom. The molecule has 2 aromatic rings. The van der Waals surface area contributed by atoms with Crippen molar-refractivity contribution in [3.63, 3.8) is 0 Å². The van der Waals surface area contributed by atoms with Gasteiger partial charge in [-0.3, -0.25) is 0 Å². The van der Waals surface area contributed by atoms with Crippen molar-refractivity contribution in [2.45, 2.75) is 18.1 Å². The fourth-order valence-corrected chi connectivity index (χ4v) is 3.34. The van der Waals surface area contributed by atoms with Gasteiger partial charge in [0.2, 0.25) is 10.0 Å². The Labute approximate surface area is 150 Å². The maximum absolute atomic E-state index is 12.6. The van der Waals surface area contributed by atoms with E-state index in [4.69, 9.17) is 0 Å². The van der Waals surface area contributed by atoms with Gasteiger partial charge in [0.15, 0.2) is 0 Å². The van der Waals surface area contributed by atoms with Crippen LogP contribution in [0.15, 0.2) is 53.4 Å². The van der Waals surface area contributed by atoms with Crippen molar-refractivity contribution in [1.29, 1.82) is 0 Å². The number of esters is 1. The normalized spacial score (nSPS) is 11.6. The zero-order valence-electron chi connectivity index (χ0n) is 14.1. The first-order chi connectivity index (χ1) is 12.2. The summed E-state index contributed by atoms with van der Waals surface area (Å²) in [4.78, 5) is 11.4. The Morgan fingerprint density at radius 2 is 1.65 bits per heavy atom. The monoisotopic (exact) mass is 385 g/mol. The molecule has 0 aliphatic heterocycles. The van der Waals surface area contributed by atoms with Gasteiger partial charge in [0, 0.05) is 13.6 Å². The molecule has 140 valence electrons. The summed E-state index contributed by atoms with van der Waals surface area (Å²) in [5.41, 5.74) is 0.840. The topological polar surface area (TPSA) is 72.9 Å². The number of hydrogen-bond donors (Lipinski definition) is 0. The highest BCUT2D eigenvalue weighted by atomic mass is 32.2. The maximum atomic E-state index is 12.6. The molecule has 0 unspecified atom stereocenters. The van der Waals surface area contributed by atoms with E-state index in [0.29, 0.717) is 5.56 Å². The van der Waals surface area contributed by atoms with E-state index in [9.17, 15) is 22.0 Å². The number of methoxy groups -OCH3 is 1. The summed E-state index contributed by atoms with van der Waals surface area (Å²) in [6.45, 7) is -2.88. The summed E-state index contributed by atoms with van der Waals surface area (Å²) in [5.74, 6) is -0.568. The van der Waals surface area contributed by atoms with Crippen LogP contribution >= 0.6 is 0 Å². The third kappa shape index (κ3) is 4.77. The van der Waals surface area contributed by atoms with E-state index in [-0.39, 0.29) is 22.8 Å². The van der Waals surface area contributed by atoms with Crippen LogP contribution in [0.25, 0.3) is 0 Å². The van der Waals surface area contributed by atoms with Gasteiger partial charge >= 0.3 is 12.6 Å². The molecule has 0 aliphatic rings. The predicted molar refractivity (Wildman–Crippen MR) is 89.5 cm³/mol. The zero-order chi connectivity index (χ0) is 19.3. The Kier molecular flexibility index (Phi) is 6.27. The second-order valence-electron chi connectivity index (χ2n) is 5.30. The lowest BCUT2D eigenvalue weighted by Gasteiger charge is -2.17. The average Bonchev–Trinajstić information content (AvgIpc) is 2.62. The van der Waals surface area contributed by atoms with Crippen molar-refractivity contribution in [1.82, 2.24) is 4.31 Å². The summed E-state index contributed by atoms with van der Waals surface area (Å²) in [5, 5.41) is 0. The van der Waals surface area contributed by atoms with Gasteiger partial charge in [-0.15, -0.1) is 0 Å². The van der Waals surface area contributed by atoms with Gasteiger partial charge in [-0.1, -0.05) is 12.1 Å². The van der Waals surface area contributed by atoms with E-state index in [1.165, 1.54) is 62.7 Å². The second kappa shape index (κ2) is 8.24. The molecule has 2 rings (SSSR count). The molecule has 2 aromatic carbocycles. The molecule has 0 aromatic heterocycles. The molecule has 0 bridgehead atoms. The smallest absolute Gasteiger partial charge is 0.387 e. The van der Waals surface area contributed by atoms with Gasteiger partial charge in [0.25, 0.3) is 0 Å². The third-order valence-electron chi connectivity index (χ3n) is 3.54. The van der Waals surface area contributed by atoms with E-state index < -0.39 is 22.6 Å². The van der Waals surface area contributed by atoms with E-state index in [2.05, 4.69) is 9.47 Å². The average molecular weight is 385 g/mol. The molecular weight excluding hydrogens is 368 g/mol. The van der Waals surface area contributed by atoms with E-state index in [1.54, 1.807) is 0 Å². The second-order valence-corrected chi connectivity index (χ2v) is 7.34. The first-order valence-corrected chi connectivity index (χ1v) is 8.86. The molecule has 26 heavy (non-hydrogen) atoms. The van der Waals surface area contributed by atoms with Crippen molar-refractivity contribution in [2.24, 2.45) is 0 Å². The van der Waals surface area contributed by atoms with Crippen LogP contribution in [0.2, 0.25) is 0 Å². The highest BCUT2D eigenvalue weighted by Crippen LogP contribution is 2.20. The quantitative estimate of drug-likeness (QED) is 0.686. The number of nitrogens with zero attached hydrogens (tertiary/aromatic N) is 1. The van der Waals surface area contributed by atoms with Crippen molar-refractivity contribution in [3.8, 4) is 5.75 Å². The minimum absolute atomic E-state index is 0.00680. The maximum Gasteiger partial charge on any atom is 0.387 e. The number of alkyl halides is 2. The van der Waals surface area contributed by atoms with Gasteiger partial charge in [-0.2, -0.15) is 13.1 Å². The number of benzene rings is 2. The Hall–Kier alpha value is -2.52. The molecule has 0 heterocycles. The van der Waals surface area contributed by atoms with Crippen LogP contribution in [0.1, 0.15) is 15.9 Å². The molecule has 0 fully saturated rings. The first-order valence-electron chi connectivity index (χ1n) is 7.42. The Balaban J connectivity index is 2.12. The highest BCUT2D eigenvalue weighted by molar-refractivity contribution is 7.89. The number of sulfonamides is 1. The number of ether oxygens (including phenoxy) is 2. The van der Waals surface area contributed by atoms with Gasteiger partial charge in [-0.05, 0) is 42.0 Å². The zero-order valence-corrected chi connectivity index (χ0v) is 14.9. The molecule has 0 N–H and O–H groups in total. The molecule has 0 aliphatic carbocycles. The minimum Gasteiger partial charge on any atom is -0.465 e. The predicted octanol–water partition coefficient (Wildman–Crippen LogP) is 2.90. The summed E-state index contributed by atoms with van der Waals surface area (Å²) in [6.07, 6.45) is 0. The molecule has 0 spiro atoms. The summed E-state index contributed by atoms with van der Waals surface area (Å²) < 4.78 is 59.4. The fraction of sp³-hybridized carbons (Fsp3) is 0.235. The first kappa shape index (κ1) is 19.8. The van der Waals surface area contributed by atoms with Gasteiger partial charge in [-0.25, -0.2) is 13.2 Å². The molecule has 9 heteroatoms. The van der Waals surface area contributed by atoms with Crippen LogP contribution in [0, 0.1) is 0 Å². The SMILES string of the molecule is COC(=O)c1ccc(S(=O)(=O)N(C)Cc2ccc(OC(F)F)cc2)cc1. The molecule has 0 saturated carbocycles. The lowest BCUT2D eigenvalue weighted by atomic mass is 10.2. The number of carbonyl (C=O) groups excluding carboxylic acids is 1. The lowest BCUT2D eigenvalue weighted by Crippen LogP contribution is -2.26. The Bertz CT molecular complexity index is 852. The third-order valence-corrected chi connectivity index (χ3v) is 5.35. The largest absolute Gasteiger partial charge is 0.465 e. The lowest BCUT2D eigenvalue weighted by molar-refractivity contribution is -0.0498. The number of halogens is 2. The summed E-state index contributed by atoms with van der Waals surface area (Å²) >= 11 is 0. The van der Waals surface area contributed by atoms with Crippen molar-refractivity contribution < 1.29 is 31.5 Å². The standard InChI is InChI=1S/C17H17F2NO5S/c1-20(11-12-3-7-14(8-4-12)25-17(18)19)26(22,23)15-9-5-13(6-10-15)16(21)24-2/h3-10,17H,11H2,1-2H3. The van der Waals surface area contributed by atoms with E-state index in [0.717, 1.165) is 4.31 Å². The number of carbonyl (C=O) groups is 1. The van der Waals surface area contributed by atoms with Crippen molar-refractivity contribution in [2.75, 3.05) is 14.2 Å². The van der Waals surface area contributed by atoms with Crippen LogP contribution in [-0.4, -0.2) is 39.5 Å². The van der Waals surface area contributed by atoms with E-state index in [1.807, 2.05) is 0 Å². The van der Waals surface area contributed by atoms with Crippen LogP contribution in [0.3, 0.4) is 0 Å². The van der Waals surface area contributed by atoms with Crippen molar-refractivity contribution in [3.05, 3.63) is 59.7 Å². The van der Waals surface area contributed by atoms with Crippen LogP contribution < -0.4 is 4.74 Å². The van der Waals surface area contributed by atoms with Gasteiger partial charge < -0.3 is 9.47 Å². The highest BCUT2D eigenvalue weighted by Gasteiger charge is 2.21. The summed E-state index contributed by atoms with van der Waals surface area (Å²) in [6, 6.07) is 11.1. The number of rotatable bonds is 7. The van der Waals surface area contributed by atoms with Crippen molar-refractivity contribution >= 4 is 16.0 Å². The Morgan fingerprint density at radius 3 is 2.15 bits per heavy atom. The fourth-order valence-electron chi connectivity index (χ4n) is 2.18. The molecule has 0 radical (unpaired) electrons. The molecular formula is C17H17F2NO5S. The summed E-state index contributed by atoms with van der Waals surface area (Å²) in [7, 11) is -1.16. The molecule has 0 atom stereocenters. The van der Waals surface area contributed by atoms with Crippen LogP contribution in [0.4, 0.5) is 8.78 Å². The minimum atomic E-state index is -3.79. The van der Waals surface area contributed by atoms with Gasteiger partial charge in [0.1, 0.15) is 5.75 Å². The van der Waals surface area contributed by atoms with Crippen LogP contribution in [-0.2, 0) is 21.3 Å². The molecule has 6 nitrogen and oxygen atoms in total. The van der Waals surface area contributed by atoms with Gasteiger partial charge in [0.05, 0.1) is 17.6 Å². The number of hydrogen-bond acceptors (Lipinski definition) is 5.